The number of fused-ring (bicyclic) bond motifs is 1. The zero-order chi connectivity index (χ0) is 14.8. The van der Waals surface area contributed by atoms with Gasteiger partial charge in [-0.1, -0.05) is 12.1 Å². The SMILES string of the molecule is CN(C)C(=O)C1CNCCN1Cc1nc2ccccc2[nH]1. The second-order valence-electron chi connectivity index (χ2n) is 5.62. The fourth-order valence-corrected chi connectivity index (χ4v) is 2.75. The van der Waals surface area contributed by atoms with Crippen LogP contribution in [0.15, 0.2) is 24.3 Å². The molecule has 1 atom stereocenters. The number of amides is 1. The van der Waals surface area contributed by atoms with Gasteiger partial charge in [-0.2, -0.15) is 0 Å². The molecule has 1 aliphatic rings. The molecule has 0 spiro atoms. The number of nitrogens with zero attached hydrogens (tertiary/aromatic N) is 3. The summed E-state index contributed by atoms with van der Waals surface area (Å²) in [5, 5.41) is 3.29. The Morgan fingerprint density at radius 2 is 2.24 bits per heavy atom. The van der Waals surface area contributed by atoms with Crippen molar-refractivity contribution in [1.29, 1.82) is 0 Å². The molecule has 2 aromatic rings. The largest absolute Gasteiger partial charge is 0.347 e. The van der Waals surface area contributed by atoms with Gasteiger partial charge in [-0.3, -0.25) is 9.69 Å². The fourth-order valence-electron chi connectivity index (χ4n) is 2.75. The Hall–Kier alpha value is -1.92. The predicted octanol–water partition coefficient (Wildman–Crippen LogP) is 0.425. The van der Waals surface area contributed by atoms with Gasteiger partial charge in [0.15, 0.2) is 0 Å². The predicted molar refractivity (Wildman–Crippen MR) is 81.9 cm³/mol. The Labute approximate surface area is 124 Å². The van der Waals surface area contributed by atoms with Crippen molar-refractivity contribution in [3.63, 3.8) is 0 Å². The second kappa shape index (κ2) is 5.83. The summed E-state index contributed by atoms with van der Waals surface area (Å²) in [7, 11) is 3.60. The van der Waals surface area contributed by atoms with Crippen molar-refractivity contribution in [2.45, 2.75) is 12.6 Å². The maximum Gasteiger partial charge on any atom is 0.240 e. The molecule has 0 saturated carbocycles. The van der Waals surface area contributed by atoms with E-state index in [1.807, 2.05) is 24.3 Å². The van der Waals surface area contributed by atoms with Crippen LogP contribution in [0.3, 0.4) is 0 Å². The van der Waals surface area contributed by atoms with Gasteiger partial charge in [-0.15, -0.1) is 0 Å². The number of rotatable bonds is 3. The molecule has 1 aromatic heterocycles. The quantitative estimate of drug-likeness (QED) is 0.859. The number of imidazole rings is 1. The number of carbonyl (C=O) groups excluding carboxylic acids is 1. The molecule has 1 amide bonds. The molecular formula is C15H21N5O. The summed E-state index contributed by atoms with van der Waals surface area (Å²) < 4.78 is 0. The van der Waals surface area contributed by atoms with Crippen LogP contribution in [0.25, 0.3) is 11.0 Å². The number of hydrogen-bond acceptors (Lipinski definition) is 4. The first kappa shape index (κ1) is 14.0. The van der Waals surface area contributed by atoms with E-state index < -0.39 is 0 Å². The molecule has 112 valence electrons. The van der Waals surface area contributed by atoms with Crippen LogP contribution < -0.4 is 5.32 Å². The Morgan fingerprint density at radius 3 is 3.00 bits per heavy atom. The first-order valence-electron chi connectivity index (χ1n) is 7.24. The molecule has 3 rings (SSSR count). The van der Waals surface area contributed by atoms with Crippen molar-refractivity contribution in [1.82, 2.24) is 25.1 Å². The lowest BCUT2D eigenvalue weighted by Crippen LogP contribution is -2.57. The van der Waals surface area contributed by atoms with E-state index in [2.05, 4.69) is 20.2 Å². The van der Waals surface area contributed by atoms with Gasteiger partial charge in [0.1, 0.15) is 11.9 Å². The van der Waals surface area contributed by atoms with Crippen LogP contribution in [0.2, 0.25) is 0 Å². The van der Waals surface area contributed by atoms with Crippen molar-refractivity contribution in [3.8, 4) is 0 Å². The second-order valence-corrected chi connectivity index (χ2v) is 5.62. The van der Waals surface area contributed by atoms with Crippen LogP contribution in [0.1, 0.15) is 5.82 Å². The number of carbonyl (C=O) groups is 1. The minimum atomic E-state index is -0.123. The minimum absolute atomic E-state index is 0.123. The van der Waals surface area contributed by atoms with E-state index in [0.29, 0.717) is 13.1 Å². The molecule has 1 unspecified atom stereocenters. The van der Waals surface area contributed by atoms with Gasteiger partial charge in [-0.25, -0.2) is 4.98 Å². The van der Waals surface area contributed by atoms with Gasteiger partial charge in [0.05, 0.1) is 17.6 Å². The average Bonchev–Trinajstić information content (AvgIpc) is 2.89. The number of para-hydroxylation sites is 2. The minimum Gasteiger partial charge on any atom is -0.347 e. The number of nitrogens with one attached hydrogen (secondary N) is 2. The average molecular weight is 287 g/mol. The van der Waals surface area contributed by atoms with E-state index >= 15 is 0 Å². The molecule has 0 bridgehead atoms. The number of H-pyrrole nitrogens is 1. The van der Waals surface area contributed by atoms with Crippen LogP contribution in [0, 0.1) is 0 Å². The molecule has 1 aromatic carbocycles. The smallest absolute Gasteiger partial charge is 0.240 e. The van der Waals surface area contributed by atoms with Crippen LogP contribution in [0.5, 0.6) is 0 Å². The van der Waals surface area contributed by atoms with E-state index in [1.54, 1.807) is 19.0 Å². The van der Waals surface area contributed by atoms with Crippen molar-refractivity contribution in [3.05, 3.63) is 30.1 Å². The molecule has 21 heavy (non-hydrogen) atoms. The molecule has 2 heterocycles. The monoisotopic (exact) mass is 287 g/mol. The fraction of sp³-hybridized carbons (Fsp3) is 0.467. The molecular weight excluding hydrogens is 266 g/mol. The molecule has 1 fully saturated rings. The number of aromatic amines is 1. The Kier molecular flexibility index (Phi) is 3.90. The zero-order valence-corrected chi connectivity index (χ0v) is 12.5. The third kappa shape index (κ3) is 2.91. The number of hydrogen-bond donors (Lipinski definition) is 2. The number of likely N-dealkylation sites (N-methyl/N-ethyl adjacent to an activating group) is 1. The van der Waals surface area contributed by atoms with Gasteiger partial charge >= 0.3 is 0 Å². The summed E-state index contributed by atoms with van der Waals surface area (Å²) in [6.45, 7) is 3.11. The standard InChI is InChI=1S/C15H21N5O/c1-19(2)15(21)13-9-16-7-8-20(13)10-14-17-11-5-3-4-6-12(11)18-14/h3-6,13,16H,7-10H2,1-2H3,(H,17,18). The highest BCUT2D eigenvalue weighted by atomic mass is 16.2. The maximum atomic E-state index is 12.3. The Balaban J connectivity index is 1.79. The Morgan fingerprint density at radius 1 is 1.43 bits per heavy atom. The van der Waals surface area contributed by atoms with Gasteiger partial charge in [0.25, 0.3) is 0 Å². The van der Waals surface area contributed by atoms with E-state index in [-0.39, 0.29) is 11.9 Å². The van der Waals surface area contributed by atoms with Crippen molar-refractivity contribution >= 4 is 16.9 Å². The van der Waals surface area contributed by atoms with Crippen molar-refractivity contribution in [2.75, 3.05) is 33.7 Å². The summed E-state index contributed by atoms with van der Waals surface area (Å²) in [6.07, 6.45) is 0. The number of aromatic nitrogens is 2. The lowest BCUT2D eigenvalue weighted by molar-refractivity contribution is -0.135. The number of piperazine rings is 1. The summed E-state index contributed by atoms with van der Waals surface area (Å²) >= 11 is 0. The van der Waals surface area contributed by atoms with E-state index in [1.165, 1.54) is 0 Å². The van der Waals surface area contributed by atoms with E-state index in [4.69, 9.17) is 0 Å². The highest BCUT2D eigenvalue weighted by Crippen LogP contribution is 2.14. The summed E-state index contributed by atoms with van der Waals surface area (Å²) in [5.74, 6) is 1.05. The molecule has 2 N–H and O–H groups in total. The molecule has 6 nitrogen and oxygen atoms in total. The van der Waals surface area contributed by atoms with Crippen LogP contribution in [-0.2, 0) is 11.3 Å². The lowest BCUT2D eigenvalue weighted by Gasteiger charge is -2.35. The third-order valence-electron chi connectivity index (χ3n) is 3.87. The van der Waals surface area contributed by atoms with Crippen LogP contribution >= 0.6 is 0 Å². The van der Waals surface area contributed by atoms with Gasteiger partial charge < -0.3 is 15.2 Å². The molecule has 1 saturated heterocycles. The van der Waals surface area contributed by atoms with Gasteiger partial charge in [0.2, 0.25) is 5.91 Å². The summed E-state index contributed by atoms with van der Waals surface area (Å²) in [5.41, 5.74) is 2.01. The highest BCUT2D eigenvalue weighted by molar-refractivity contribution is 5.81. The van der Waals surface area contributed by atoms with E-state index in [0.717, 1.165) is 29.9 Å². The molecule has 0 radical (unpaired) electrons. The van der Waals surface area contributed by atoms with E-state index in [9.17, 15) is 4.79 Å². The molecule has 6 heteroatoms. The summed E-state index contributed by atoms with van der Waals surface area (Å²) in [4.78, 5) is 24.1. The first-order chi connectivity index (χ1) is 10.1. The molecule has 1 aliphatic heterocycles. The van der Waals surface area contributed by atoms with Crippen molar-refractivity contribution < 1.29 is 4.79 Å². The van der Waals surface area contributed by atoms with Crippen LogP contribution in [0.4, 0.5) is 0 Å². The van der Waals surface area contributed by atoms with Gasteiger partial charge in [-0.05, 0) is 12.1 Å². The van der Waals surface area contributed by atoms with Gasteiger partial charge in [0, 0.05) is 33.7 Å². The summed E-state index contributed by atoms with van der Waals surface area (Å²) in [6, 6.07) is 7.87. The zero-order valence-electron chi connectivity index (χ0n) is 12.5. The highest BCUT2D eigenvalue weighted by Gasteiger charge is 2.30. The molecule has 0 aliphatic carbocycles. The maximum absolute atomic E-state index is 12.3. The third-order valence-corrected chi connectivity index (χ3v) is 3.87. The topological polar surface area (TPSA) is 64.3 Å². The van der Waals surface area contributed by atoms with Crippen molar-refractivity contribution in [2.24, 2.45) is 0 Å². The van der Waals surface area contributed by atoms with Crippen LogP contribution in [-0.4, -0.2) is 65.4 Å². The Bertz CT molecular complexity index is 603. The first-order valence-corrected chi connectivity index (χ1v) is 7.24. The number of benzene rings is 1. The lowest BCUT2D eigenvalue weighted by atomic mass is 10.1. The normalized spacial score (nSPS) is 19.8.